The molecule has 12 heteroatoms. The number of hydrogen-bond acceptors (Lipinski definition) is 9. The van der Waals surface area contributed by atoms with Crippen LogP contribution in [-0.4, -0.2) is 77.4 Å². The first kappa shape index (κ1) is 23.2. The molecule has 0 aliphatic carbocycles. The van der Waals surface area contributed by atoms with Crippen molar-refractivity contribution in [1.82, 2.24) is 19.4 Å². The van der Waals surface area contributed by atoms with Crippen LogP contribution in [-0.2, 0) is 9.53 Å². The Morgan fingerprint density at radius 3 is 2.78 bits per heavy atom. The van der Waals surface area contributed by atoms with Gasteiger partial charge in [0.15, 0.2) is 12.3 Å². The van der Waals surface area contributed by atoms with E-state index in [1.807, 2.05) is 0 Å². The lowest BCUT2D eigenvalue weighted by atomic mass is 10.0. The van der Waals surface area contributed by atoms with Gasteiger partial charge in [-0.15, -0.1) is 0 Å². The van der Waals surface area contributed by atoms with Crippen LogP contribution in [0.3, 0.4) is 0 Å². The summed E-state index contributed by atoms with van der Waals surface area (Å²) in [5.41, 5.74) is 2.17. The molecule has 0 radical (unpaired) electrons. The Labute approximate surface area is 211 Å². The topological polar surface area (TPSA) is 128 Å². The summed E-state index contributed by atoms with van der Waals surface area (Å²) in [7, 11) is 1.54. The summed E-state index contributed by atoms with van der Waals surface area (Å²) in [5.74, 6) is 0.782. The Morgan fingerprint density at radius 1 is 1.14 bits per heavy atom. The molecule has 1 atom stereocenters. The van der Waals surface area contributed by atoms with Gasteiger partial charge in [-0.05, 0) is 37.1 Å². The molecule has 5 heterocycles. The van der Waals surface area contributed by atoms with E-state index < -0.39 is 6.09 Å². The van der Waals surface area contributed by atoms with E-state index in [4.69, 9.17) is 14.2 Å². The molecule has 37 heavy (non-hydrogen) atoms. The van der Waals surface area contributed by atoms with E-state index in [9.17, 15) is 14.4 Å². The molecule has 2 fully saturated rings. The van der Waals surface area contributed by atoms with Crippen LogP contribution in [0, 0.1) is 0 Å². The van der Waals surface area contributed by atoms with Crippen LogP contribution in [0.5, 0.6) is 11.6 Å². The second-order valence-corrected chi connectivity index (χ2v) is 9.33. The minimum atomic E-state index is -0.419. The number of cyclic esters (lactones) is 1. The Bertz CT molecular complexity index is 1430. The second kappa shape index (κ2) is 9.36. The fraction of sp³-hybridized carbons (Fsp3) is 0.400. The van der Waals surface area contributed by atoms with E-state index in [0.29, 0.717) is 47.3 Å². The van der Waals surface area contributed by atoms with Crippen LogP contribution in [0.4, 0.5) is 16.2 Å². The van der Waals surface area contributed by atoms with Gasteiger partial charge in [-0.1, -0.05) is 0 Å². The van der Waals surface area contributed by atoms with Crippen molar-refractivity contribution < 1.29 is 23.8 Å². The average molecular weight is 507 g/mol. The molecule has 1 aromatic carbocycles. The number of nitrogens with zero attached hydrogens (tertiary/aromatic N) is 5. The highest BCUT2D eigenvalue weighted by atomic mass is 16.6. The Hall–Kier alpha value is -4.19. The number of aromatic nitrogens is 3. The number of carbonyl (C=O) groups is 2. The van der Waals surface area contributed by atoms with Gasteiger partial charge in [-0.25, -0.2) is 9.78 Å². The van der Waals surface area contributed by atoms with E-state index >= 15 is 0 Å². The SMILES string of the molecule is COc1ccc2ncc(=O)n(C3CCN(CC4CN(c5ccc6c(c5)NC(=O)CO6)C(=O)O4)CC3)c2n1. The zero-order valence-corrected chi connectivity index (χ0v) is 20.3. The molecule has 0 saturated carbocycles. The van der Waals surface area contributed by atoms with E-state index in [0.717, 1.165) is 25.9 Å². The van der Waals surface area contributed by atoms with E-state index in [1.54, 1.807) is 46.9 Å². The Balaban J connectivity index is 1.10. The molecule has 0 spiro atoms. The largest absolute Gasteiger partial charge is 0.482 e. The van der Waals surface area contributed by atoms with Crippen molar-refractivity contribution in [3.8, 4) is 11.6 Å². The monoisotopic (exact) mass is 506 g/mol. The highest BCUT2D eigenvalue weighted by molar-refractivity contribution is 5.97. The number of hydrogen-bond donors (Lipinski definition) is 1. The molecule has 3 aliphatic rings. The van der Waals surface area contributed by atoms with Gasteiger partial charge in [0.05, 0.1) is 25.5 Å². The summed E-state index contributed by atoms with van der Waals surface area (Å²) >= 11 is 0. The van der Waals surface area contributed by atoms with Gasteiger partial charge in [0.25, 0.3) is 11.5 Å². The van der Waals surface area contributed by atoms with Crippen molar-refractivity contribution in [2.75, 3.05) is 50.1 Å². The maximum Gasteiger partial charge on any atom is 0.414 e. The second-order valence-electron chi connectivity index (χ2n) is 9.33. The Morgan fingerprint density at radius 2 is 1.97 bits per heavy atom. The van der Waals surface area contributed by atoms with Crippen molar-refractivity contribution >= 4 is 34.5 Å². The van der Waals surface area contributed by atoms with Crippen LogP contribution < -0.4 is 25.2 Å². The van der Waals surface area contributed by atoms with Gasteiger partial charge in [-0.2, -0.15) is 4.98 Å². The minimum Gasteiger partial charge on any atom is -0.482 e. The van der Waals surface area contributed by atoms with Crippen molar-refractivity contribution in [2.24, 2.45) is 0 Å². The molecule has 12 nitrogen and oxygen atoms in total. The number of ether oxygens (including phenoxy) is 3. The zero-order valence-electron chi connectivity index (χ0n) is 20.3. The van der Waals surface area contributed by atoms with Gasteiger partial charge in [-0.3, -0.25) is 24.0 Å². The fourth-order valence-electron chi connectivity index (χ4n) is 5.17. The van der Waals surface area contributed by atoms with Crippen LogP contribution in [0.25, 0.3) is 11.2 Å². The van der Waals surface area contributed by atoms with Gasteiger partial charge in [0, 0.05) is 37.4 Å². The van der Waals surface area contributed by atoms with E-state index in [2.05, 4.69) is 20.2 Å². The first-order valence-electron chi connectivity index (χ1n) is 12.2. The van der Waals surface area contributed by atoms with Crippen LogP contribution in [0.1, 0.15) is 18.9 Å². The van der Waals surface area contributed by atoms with Crippen molar-refractivity contribution in [2.45, 2.75) is 25.0 Å². The van der Waals surface area contributed by atoms with Gasteiger partial charge < -0.3 is 19.5 Å². The van der Waals surface area contributed by atoms with Crippen LogP contribution in [0.2, 0.25) is 0 Å². The number of amides is 2. The quantitative estimate of drug-likeness (QED) is 0.551. The third kappa shape index (κ3) is 4.44. The first-order valence-corrected chi connectivity index (χ1v) is 12.2. The van der Waals surface area contributed by atoms with Crippen molar-refractivity contribution in [3.05, 3.63) is 46.9 Å². The van der Waals surface area contributed by atoms with E-state index in [-0.39, 0.29) is 30.2 Å². The molecule has 0 bridgehead atoms. The maximum atomic E-state index is 12.7. The first-order chi connectivity index (χ1) is 18.0. The maximum absolute atomic E-state index is 12.7. The lowest BCUT2D eigenvalue weighted by Gasteiger charge is -2.33. The molecule has 192 valence electrons. The molecular formula is C25H26N6O6. The van der Waals surface area contributed by atoms with Crippen LogP contribution in [0.15, 0.2) is 41.3 Å². The number of fused-ring (bicyclic) bond motifs is 2. The zero-order chi connectivity index (χ0) is 25.5. The molecule has 3 aromatic rings. The summed E-state index contributed by atoms with van der Waals surface area (Å²) < 4.78 is 18.0. The predicted molar refractivity (Wildman–Crippen MR) is 133 cm³/mol. The van der Waals surface area contributed by atoms with Gasteiger partial charge in [0.2, 0.25) is 5.88 Å². The summed E-state index contributed by atoms with van der Waals surface area (Å²) in [6, 6.07) is 8.77. The molecule has 2 aromatic heterocycles. The normalized spacial score (nSPS) is 20.4. The van der Waals surface area contributed by atoms with E-state index in [1.165, 1.54) is 6.20 Å². The number of pyridine rings is 1. The molecule has 1 N–H and O–H groups in total. The van der Waals surface area contributed by atoms with Crippen molar-refractivity contribution in [3.63, 3.8) is 0 Å². The lowest BCUT2D eigenvalue weighted by molar-refractivity contribution is -0.118. The predicted octanol–water partition coefficient (Wildman–Crippen LogP) is 1.79. The van der Waals surface area contributed by atoms with Crippen LogP contribution >= 0.6 is 0 Å². The highest BCUT2D eigenvalue weighted by Gasteiger charge is 2.35. The lowest BCUT2D eigenvalue weighted by Crippen LogP contribution is -2.42. The molecule has 1 unspecified atom stereocenters. The number of carbonyl (C=O) groups excluding carboxylic acids is 2. The number of benzene rings is 1. The summed E-state index contributed by atoms with van der Waals surface area (Å²) in [5, 5.41) is 2.76. The van der Waals surface area contributed by atoms with Gasteiger partial charge in [0.1, 0.15) is 17.4 Å². The smallest absolute Gasteiger partial charge is 0.414 e. The molecule has 3 aliphatic heterocycles. The number of methoxy groups -OCH3 is 1. The van der Waals surface area contributed by atoms with Crippen molar-refractivity contribution in [1.29, 1.82) is 0 Å². The Kier molecular flexibility index (Phi) is 5.87. The minimum absolute atomic E-state index is 0.00981. The third-order valence-corrected chi connectivity index (χ3v) is 6.98. The average Bonchev–Trinajstić information content (AvgIpc) is 3.28. The van der Waals surface area contributed by atoms with Gasteiger partial charge >= 0.3 is 6.09 Å². The summed E-state index contributed by atoms with van der Waals surface area (Å²) in [6.07, 6.45) is 2.15. The number of piperidine rings is 1. The molecule has 2 amide bonds. The number of anilines is 2. The highest BCUT2D eigenvalue weighted by Crippen LogP contribution is 2.34. The standard InChI is InChI=1S/C25H26N6O6/c1-35-22-5-3-18-24(28-22)31(23(33)11-26-18)15-6-8-29(9-7-15)12-17-13-30(25(34)37-17)16-2-4-20-19(10-16)27-21(32)14-36-20/h2-5,10-11,15,17H,6-9,12-14H2,1H3,(H,27,32). The number of nitrogens with one attached hydrogen (secondary N) is 1. The number of rotatable bonds is 5. The summed E-state index contributed by atoms with van der Waals surface area (Å²) in [6.45, 7) is 2.48. The number of likely N-dealkylation sites (tertiary alicyclic amines) is 1. The molecule has 2 saturated heterocycles. The summed E-state index contributed by atoms with van der Waals surface area (Å²) in [4.78, 5) is 49.5. The molecule has 6 rings (SSSR count). The fourth-order valence-corrected chi connectivity index (χ4v) is 5.17. The third-order valence-electron chi connectivity index (χ3n) is 6.98. The molecular weight excluding hydrogens is 480 g/mol.